The number of nitrogens with one attached hydrogen (secondary N) is 1. The summed E-state index contributed by atoms with van der Waals surface area (Å²) in [6, 6.07) is 12.1. The van der Waals surface area contributed by atoms with Crippen LogP contribution in [0.25, 0.3) is 11.3 Å². The maximum atomic E-state index is 13.1. The van der Waals surface area contributed by atoms with Crippen LogP contribution in [0.1, 0.15) is 58.6 Å². The zero-order valence-corrected chi connectivity index (χ0v) is 15.9. The Kier molecular flexibility index (Phi) is 4.17. The first kappa shape index (κ1) is 17.3. The number of benzene rings is 1. The van der Waals surface area contributed by atoms with Crippen molar-refractivity contribution in [2.75, 3.05) is 0 Å². The van der Waals surface area contributed by atoms with Crippen molar-refractivity contribution in [1.82, 2.24) is 10.5 Å². The van der Waals surface area contributed by atoms with Crippen LogP contribution < -0.4 is 5.32 Å². The number of hydrogen-bond donors (Lipinski definition) is 1. The van der Waals surface area contributed by atoms with E-state index in [0.717, 1.165) is 42.7 Å². The maximum Gasteiger partial charge on any atom is 0.232 e. The Labute approximate surface area is 155 Å². The number of hydrogen-bond acceptors (Lipinski definition) is 3. The summed E-state index contributed by atoms with van der Waals surface area (Å²) in [5, 5.41) is 7.58. The number of rotatable bonds is 4. The van der Waals surface area contributed by atoms with Gasteiger partial charge in [0.2, 0.25) is 5.91 Å². The van der Waals surface area contributed by atoms with Gasteiger partial charge in [-0.15, -0.1) is 0 Å². The molecule has 0 radical (unpaired) electrons. The van der Waals surface area contributed by atoms with Crippen LogP contribution in [0.15, 0.2) is 40.9 Å². The molecule has 1 amide bonds. The smallest absolute Gasteiger partial charge is 0.232 e. The summed E-state index contributed by atoms with van der Waals surface area (Å²) in [7, 11) is 0. The first-order valence-electron chi connectivity index (χ1n) is 9.72. The van der Waals surface area contributed by atoms with Crippen LogP contribution in [0.5, 0.6) is 0 Å². The highest BCUT2D eigenvalue weighted by Crippen LogP contribution is 2.49. The fourth-order valence-electron chi connectivity index (χ4n) is 4.74. The molecule has 26 heavy (non-hydrogen) atoms. The summed E-state index contributed by atoms with van der Waals surface area (Å²) in [6.07, 6.45) is 5.05. The zero-order valence-electron chi connectivity index (χ0n) is 15.9. The van der Waals surface area contributed by atoms with E-state index in [9.17, 15) is 4.79 Å². The molecule has 0 bridgehead atoms. The number of nitrogens with zero attached hydrogens (tertiary/aromatic N) is 1. The van der Waals surface area contributed by atoms with Crippen LogP contribution in [0.2, 0.25) is 0 Å². The number of aromatic nitrogens is 1. The largest absolute Gasteiger partial charge is 0.356 e. The fraction of sp³-hybridized carbons (Fsp3) is 0.545. The molecule has 2 fully saturated rings. The van der Waals surface area contributed by atoms with Gasteiger partial charge in [-0.2, -0.15) is 0 Å². The quantitative estimate of drug-likeness (QED) is 0.867. The molecule has 2 aliphatic carbocycles. The van der Waals surface area contributed by atoms with Crippen LogP contribution in [-0.4, -0.2) is 17.1 Å². The lowest BCUT2D eigenvalue weighted by Gasteiger charge is -2.39. The van der Waals surface area contributed by atoms with Crippen molar-refractivity contribution in [1.29, 1.82) is 0 Å². The second-order valence-corrected chi connectivity index (χ2v) is 9.11. The third-order valence-corrected chi connectivity index (χ3v) is 5.97. The van der Waals surface area contributed by atoms with Gasteiger partial charge in [0.05, 0.1) is 11.1 Å². The lowest BCUT2D eigenvalue weighted by atomic mass is 9.70. The lowest BCUT2D eigenvalue weighted by molar-refractivity contribution is -0.125. The molecule has 0 spiro atoms. The summed E-state index contributed by atoms with van der Waals surface area (Å²) in [5.74, 6) is 1.50. The molecule has 1 aromatic heterocycles. The minimum absolute atomic E-state index is 0.125. The first-order valence-corrected chi connectivity index (χ1v) is 9.72. The van der Waals surface area contributed by atoms with Crippen LogP contribution in [0.4, 0.5) is 0 Å². The Morgan fingerprint density at radius 1 is 1.19 bits per heavy atom. The molecule has 1 aromatic carbocycles. The molecule has 4 rings (SSSR count). The molecule has 1 N–H and O–H groups in total. The Balaban J connectivity index is 1.49. The van der Waals surface area contributed by atoms with Crippen molar-refractivity contribution in [2.24, 2.45) is 11.3 Å². The number of carbonyl (C=O) groups excluding carboxylic acids is 1. The number of carbonyl (C=O) groups is 1. The SMILES string of the molecule is CC1CC(NC(=O)C2(c3cc(-c4ccccc4)on3)CC2)CC(C)(C)C1. The molecule has 2 aliphatic rings. The van der Waals surface area contributed by atoms with Gasteiger partial charge in [0.15, 0.2) is 5.76 Å². The van der Waals surface area contributed by atoms with E-state index in [1.165, 1.54) is 6.42 Å². The van der Waals surface area contributed by atoms with E-state index >= 15 is 0 Å². The molecular weight excluding hydrogens is 324 g/mol. The minimum Gasteiger partial charge on any atom is -0.356 e. The second-order valence-electron chi connectivity index (χ2n) is 9.11. The van der Waals surface area contributed by atoms with Gasteiger partial charge in [-0.25, -0.2) is 0 Å². The van der Waals surface area contributed by atoms with Crippen molar-refractivity contribution in [3.8, 4) is 11.3 Å². The van der Waals surface area contributed by atoms with Gasteiger partial charge in [0, 0.05) is 17.7 Å². The normalized spacial score (nSPS) is 26.3. The molecule has 2 unspecified atom stereocenters. The van der Waals surface area contributed by atoms with E-state index in [0.29, 0.717) is 11.3 Å². The highest BCUT2D eigenvalue weighted by Gasteiger charge is 2.54. The minimum atomic E-state index is -0.485. The highest BCUT2D eigenvalue weighted by molar-refractivity contribution is 5.91. The molecule has 0 aliphatic heterocycles. The molecule has 2 aromatic rings. The van der Waals surface area contributed by atoms with Crippen molar-refractivity contribution >= 4 is 5.91 Å². The zero-order chi connectivity index (χ0) is 18.4. The van der Waals surface area contributed by atoms with Gasteiger partial charge in [0.1, 0.15) is 0 Å². The topological polar surface area (TPSA) is 55.1 Å². The van der Waals surface area contributed by atoms with E-state index in [4.69, 9.17) is 4.52 Å². The van der Waals surface area contributed by atoms with Crippen molar-refractivity contribution in [2.45, 2.75) is 64.3 Å². The predicted molar refractivity (Wildman–Crippen MR) is 102 cm³/mol. The third kappa shape index (κ3) is 3.29. The molecule has 2 atom stereocenters. The summed E-state index contributed by atoms with van der Waals surface area (Å²) in [6.45, 7) is 6.90. The van der Waals surface area contributed by atoms with Gasteiger partial charge in [-0.05, 0) is 43.4 Å². The summed E-state index contributed by atoms with van der Waals surface area (Å²) >= 11 is 0. The third-order valence-electron chi connectivity index (χ3n) is 5.97. The Bertz CT molecular complexity index is 789. The van der Waals surface area contributed by atoms with E-state index in [2.05, 4.69) is 31.2 Å². The monoisotopic (exact) mass is 352 g/mol. The van der Waals surface area contributed by atoms with Crippen LogP contribution in [0, 0.1) is 11.3 Å². The molecule has 0 saturated heterocycles. The Morgan fingerprint density at radius 2 is 1.92 bits per heavy atom. The molecule has 138 valence electrons. The highest BCUT2D eigenvalue weighted by atomic mass is 16.5. The van der Waals surface area contributed by atoms with Gasteiger partial charge < -0.3 is 9.84 Å². The van der Waals surface area contributed by atoms with Crippen LogP contribution in [-0.2, 0) is 10.2 Å². The molecular formula is C22H28N2O2. The van der Waals surface area contributed by atoms with Crippen LogP contribution >= 0.6 is 0 Å². The van der Waals surface area contributed by atoms with Crippen molar-refractivity contribution < 1.29 is 9.32 Å². The first-order chi connectivity index (χ1) is 12.4. The molecule has 1 heterocycles. The Morgan fingerprint density at radius 3 is 2.58 bits per heavy atom. The van der Waals surface area contributed by atoms with Crippen molar-refractivity contribution in [3.63, 3.8) is 0 Å². The van der Waals surface area contributed by atoms with Crippen LogP contribution in [0.3, 0.4) is 0 Å². The summed E-state index contributed by atoms with van der Waals surface area (Å²) in [4.78, 5) is 13.1. The fourth-order valence-corrected chi connectivity index (χ4v) is 4.74. The Hall–Kier alpha value is -2.10. The summed E-state index contributed by atoms with van der Waals surface area (Å²) in [5.41, 5.74) is 1.57. The molecule has 2 saturated carbocycles. The number of amides is 1. The van der Waals surface area contributed by atoms with Gasteiger partial charge in [0.25, 0.3) is 0 Å². The van der Waals surface area contributed by atoms with E-state index in [1.807, 2.05) is 36.4 Å². The van der Waals surface area contributed by atoms with E-state index < -0.39 is 5.41 Å². The molecule has 4 nitrogen and oxygen atoms in total. The molecule has 4 heteroatoms. The van der Waals surface area contributed by atoms with E-state index in [-0.39, 0.29) is 11.9 Å². The van der Waals surface area contributed by atoms with Gasteiger partial charge >= 0.3 is 0 Å². The standard InChI is InChI=1S/C22H28N2O2/c1-15-11-17(14-21(2,3)13-15)23-20(25)22(9-10-22)19-12-18(26-24-19)16-7-5-4-6-8-16/h4-8,12,15,17H,9-11,13-14H2,1-3H3,(H,23,25). The van der Waals surface area contributed by atoms with Crippen molar-refractivity contribution in [3.05, 3.63) is 42.1 Å². The second kappa shape index (κ2) is 6.26. The van der Waals surface area contributed by atoms with Gasteiger partial charge in [-0.1, -0.05) is 56.3 Å². The predicted octanol–water partition coefficient (Wildman–Crippen LogP) is 4.70. The maximum absolute atomic E-state index is 13.1. The summed E-state index contributed by atoms with van der Waals surface area (Å²) < 4.78 is 5.54. The average molecular weight is 352 g/mol. The van der Waals surface area contributed by atoms with E-state index in [1.54, 1.807) is 0 Å². The average Bonchev–Trinajstić information content (AvgIpc) is 3.24. The lowest BCUT2D eigenvalue weighted by Crippen LogP contribution is -2.46. The van der Waals surface area contributed by atoms with Gasteiger partial charge in [-0.3, -0.25) is 4.79 Å².